The van der Waals surface area contributed by atoms with Crippen molar-refractivity contribution < 1.29 is 0 Å². The predicted molar refractivity (Wildman–Crippen MR) is 88.7 cm³/mol. The third-order valence-corrected chi connectivity index (χ3v) is 3.87. The molecule has 104 valence electrons. The number of halogens is 2. The molecule has 2 aromatic rings. The van der Waals surface area contributed by atoms with E-state index in [0.717, 1.165) is 21.3 Å². The van der Waals surface area contributed by atoms with Gasteiger partial charge in [-0.15, -0.1) is 0 Å². The van der Waals surface area contributed by atoms with Crippen LogP contribution < -0.4 is 10.6 Å². The lowest BCUT2D eigenvalue weighted by atomic mass is 10.1. The number of rotatable bonds is 4. The number of nitrogens with two attached hydrogens (primary N) is 1. The van der Waals surface area contributed by atoms with Gasteiger partial charge < -0.3 is 10.6 Å². The van der Waals surface area contributed by atoms with Crippen molar-refractivity contribution in [1.82, 2.24) is 0 Å². The number of amidine groups is 1. The van der Waals surface area contributed by atoms with Crippen molar-refractivity contribution in [2.24, 2.45) is 5.73 Å². The molecule has 0 radical (unpaired) electrons. The van der Waals surface area contributed by atoms with Crippen LogP contribution >= 0.6 is 27.5 Å². The molecule has 0 aliphatic carbocycles. The van der Waals surface area contributed by atoms with E-state index in [2.05, 4.69) is 15.9 Å². The highest BCUT2D eigenvalue weighted by Gasteiger charge is 2.11. The van der Waals surface area contributed by atoms with Gasteiger partial charge in [-0.25, -0.2) is 0 Å². The van der Waals surface area contributed by atoms with Gasteiger partial charge in [0.1, 0.15) is 5.84 Å². The van der Waals surface area contributed by atoms with Gasteiger partial charge in [0.25, 0.3) is 0 Å². The summed E-state index contributed by atoms with van der Waals surface area (Å²) in [5.41, 5.74) is 8.28. The lowest BCUT2D eigenvalue weighted by molar-refractivity contribution is 0.921. The van der Waals surface area contributed by atoms with Crippen molar-refractivity contribution in [2.75, 3.05) is 11.9 Å². The third-order valence-electron chi connectivity index (χ3n) is 3.03. The summed E-state index contributed by atoms with van der Waals surface area (Å²) in [6.07, 6.45) is 0. The molecule has 2 aromatic carbocycles. The van der Waals surface area contributed by atoms with Crippen molar-refractivity contribution >= 4 is 39.1 Å². The highest BCUT2D eigenvalue weighted by molar-refractivity contribution is 9.10. The van der Waals surface area contributed by atoms with Crippen LogP contribution in [0.2, 0.25) is 5.02 Å². The summed E-state index contributed by atoms with van der Waals surface area (Å²) in [5.74, 6) is 0.0642. The first kappa shape index (κ1) is 14.9. The van der Waals surface area contributed by atoms with E-state index in [9.17, 15) is 0 Å². The summed E-state index contributed by atoms with van der Waals surface area (Å²) in [7, 11) is 1.96. The highest BCUT2D eigenvalue weighted by atomic mass is 79.9. The minimum Gasteiger partial charge on any atom is -0.384 e. The average Bonchev–Trinajstić information content (AvgIpc) is 2.41. The van der Waals surface area contributed by atoms with Crippen molar-refractivity contribution in [3.8, 4) is 0 Å². The Hall–Kier alpha value is -1.52. The van der Waals surface area contributed by atoms with E-state index in [1.807, 2.05) is 54.4 Å². The molecule has 3 nitrogen and oxygen atoms in total. The number of hydrogen-bond acceptors (Lipinski definition) is 2. The first-order chi connectivity index (χ1) is 9.49. The van der Waals surface area contributed by atoms with Gasteiger partial charge in [0.2, 0.25) is 0 Å². The highest BCUT2D eigenvalue weighted by Crippen LogP contribution is 2.25. The van der Waals surface area contributed by atoms with Crippen LogP contribution in [0.25, 0.3) is 0 Å². The Morgan fingerprint density at radius 3 is 2.65 bits per heavy atom. The quantitative estimate of drug-likeness (QED) is 0.645. The van der Waals surface area contributed by atoms with Gasteiger partial charge in [-0.1, -0.05) is 45.7 Å². The molecular weight excluding hydrogens is 338 g/mol. The number of para-hydroxylation sites is 1. The minimum atomic E-state index is 0.0642. The fourth-order valence-corrected chi connectivity index (χ4v) is 2.76. The molecule has 0 saturated heterocycles. The van der Waals surface area contributed by atoms with Gasteiger partial charge in [-0.05, 0) is 29.8 Å². The number of nitrogens with zero attached hydrogens (tertiary/aromatic N) is 1. The molecule has 0 atom stereocenters. The Balaban J connectivity index is 2.28. The van der Waals surface area contributed by atoms with Crippen molar-refractivity contribution in [2.45, 2.75) is 6.54 Å². The van der Waals surface area contributed by atoms with E-state index in [4.69, 9.17) is 22.7 Å². The Labute approximate surface area is 132 Å². The second kappa shape index (κ2) is 6.29. The van der Waals surface area contributed by atoms with Crippen LogP contribution in [0.4, 0.5) is 5.69 Å². The molecule has 5 heteroatoms. The molecular formula is C15H15BrClN3. The minimum absolute atomic E-state index is 0.0642. The van der Waals surface area contributed by atoms with Crippen molar-refractivity contribution in [1.29, 1.82) is 5.41 Å². The average molecular weight is 353 g/mol. The molecule has 3 N–H and O–H groups in total. The Bertz CT molecular complexity index is 643. The Kier molecular flexibility index (Phi) is 4.68. The molecule has 0 spiro atoms. The molecule has 0 aliphatic heterocycles. The van der Waals surface area contributed by atoms with E-state index < -0.39 is 0 Å². The van der Waals surface area contributed by atoms with Gasteiger partial charge in [0.05, 0.1) is 0 Å². The van der Waals surface area contributed by atoms with Crippen LogP contribution in [0.3, 0.4) is 0 Å². The molecule has 2 rings (SSSR count). The fraction of sp³-hybridized carbons (Fsp3) is 0.133. The molecule has 0 heterocycles. The molecule has 0 amide bonds. The Morgan fingerprint density at radius 1 is 1.30 bits per heavy atom. The zero-order valence-electron chi connectivity index (χ0n) is 11.0. The Morgan fingerprint density at radius 2 is 2.00 bits per heavy atom. The van der Waals surface area contributed by atoms with Gasteiger partial charge >= 0.3 is 0 Å². The maximum absolute atomic E-state index is 7.64. The molecule has 0 aliphatic rings. The SMILES string of the molecule is CN(Cc1ccc(Br)cc1Cl)c1ccccc1C(=N)N. The number of hydrogen-bond donors (Lipinski definition) is 2. The number of benzene rings is 2. The molecule has 0 bridgehead atoms. The predicted octanol–water partition coefficient (Wildman–Crippen LogP) is 4.02. The zero-order chi connectivity index (χ0) is 14.7. The normalized spacial score (nSPS) is 10.3. The maximum atomic E-state index is 7.64. The van der Waals surface area contributed by atoms with E-state index in [1.165, 1.54) is 0 Å². The summed E-state index contributed by atoms with van der Waals surface area (Å²) in [5, 5.41) is 8.35. The van der Waals surface area contributed by atoms with Crippen LogP contribution in [0.1, 0.15) is 11.1 Å². The molecule has 0 aromatic heterocycles. The molecule has 20 heavy (non-hydrogen) atoms. The summed E-state index contributed by atoms with van der Waals surface area (Å²) < 4.78 is 0.957. The molecule has 0 unspecified atom stereocenters. The molecule has 0 saturated carbocycles. The first-order valence-corrected chi connectivity index (χ1v) is 7.24. The topological polar surface area (TPSA) is 53.1 Å². The third kappa shape index (κ3) is 3.32. The molecule has 0 fully saturated rings. The number of anilines is 1. The first-order valence-electron chi connectivity index (χ1n) is 6.07. The summed E-state index contributed by atoms with van der Waals surface area (Å²) in [4.78, 5) is 2.03. The zero-order valence-corrected chi connectivity index (χ0v) is 13.4. The van der Waals surface area contributed by atoms with Crippen molar-refractivity contribution in [3.05, 3.63) is 63.1 Å². The van der Waals surface area contributed by atoms with E-state index in [-0.39, 0.29) is 5.84 Å². The van der Waals surface area contributed by atoms with E-state index in [0.29, 0.717) is 11.6 Å². The lowest BCUT2D eigenvalue weighted by Crippen LogP contribution is -2.22. The fourth-order valence-electron chi connectivity index (χ4n) is 2.02. The second-order valence-electron chi connectivity index (χ2n) is 4.52. The van der Waals surface area contributed by atoms with Gasteiger partial charge in [-0.3, -0.25) is 5.41 Å². The van der Waals surface area contributed by atoms with Crippen LogP contribution in [-0.4, -0.2) is 12.9 Å². The standard InChI is InChI=1S/C15H15BrClN3/c1-20(9-10-6-7-11(16)8-13(10)17)14-5-3-2-4-12(14)15(18)19/h2-8H,9H2,1H3,(H3,18,19). The number of nitrogen functional groups attached to an aromatic ring is 1. The summed E-state index contributed by atoms with van der Waals surface area (Å²) in [6.45, 7) is 0.649. The van der Waals surface area contributed by atoms with Crippen LogP contribution in [-0.2, 0) is 6.54 Å². The monoisotopic (exact) mass is 351 g/mol. The summed E-state index contributed by atoms with van der Waals surface area (Å²) >= 11 is 9.64. The number of nitrogens with one attached hydrogen (secondary N) is 1. The van der Waals surface area contributed by atoms with Crippen molar-refractivity contribution in [3.63, 3.8) is 0 Å². The van der Waals surface area contributed by atoms with E-state index in [1.54, 1.807) is 0 Å². The maximum Gasteiger partial charge on any atom is 0.124 e. The smallest absolute Gasteiger partial charge is 0.124 e. The van der Waals surface area contributed by atoms with Crippen LogP contribution in [0.5, 0.6) is 0 Å². The lowest BCUT2D eigenvalue weighted by Gasteiger charge is -2.22. The largest absolute Gasteiger partial charge is 0.384 e. The van der Waals surface area contributed by atoms with Gasteiger partial charge in [-0.2, -0.15) is 0 Å². The second-order valence-corrected chi connectivity index (χ2v) is 5.85. The van der Waals surface area contributed by atoms with Crippen LogP contribution in [0, 0.1) is 5.41 Å². The van der Waals surface area contributed by atoms with E-state index >= 15 is 0 Å². The van der Waals surface area contributed by atoms with Gasteiger partial charge in [0.15, 0.2) is 0 Å². The van der Waals surface area contributed by atoms with Gasteiger partial charge in [0, 0.05) is 34.3 Å². The van der Waals surface area contributed by atoms with Crippen LogP contribution in [0.15, 0.2) is 46.9 Å². The summed E-state index contributed by atoms with van der Waals surface area (Å²) in [6, 6.07) is 13.4.